The van der Waals surface area contributed by atoms with Crippen molar-refractivity contribution in [3.8, 4) is 0 Å². The molecule has 0 saturated heterocycles. The predicted octanol–water partition coefficient (Wildman–Crippen LogP) is -1.03. The van der Waals surface area contributed by atoms with E-state index >= 15 is 0 Å². The minimum Gasteiger partial charge on any atom is -0.307 e. The van der Waals surface area contributed by atoms with Gasteiger partial charge in [-0.15, -0.1) is 0 Å². The molecule has 1 rings (SSSR count). The molecule has 0 aliphatic rings. The van der Waals surface area contributed by atoms with Gasteiger partial charge in [0.05, 0.1) is 11.1 Å². The van der Waals surface area contributed by atoms with Crippen molar-refractivity contribution in [2.45, 2.75) is 0 Å². The van der Waals surface area contributed by atoms with Crippen LogP contribution in [0.3, 0.4) is 0 Å². The van der Waals surface area contributed by atoms with Crippen molar-refractivity contribution in [1.29, 1.82) is 0 Å². The zero-order valence-electron chi connectivity index (χ0n) is 7.97. The van der Waals surface area contributed by atoms with Gasteiger partial charge in [0, 0.05) is 23.3 Å². The first-order chi connectivity index (χ1) is 6.84. The lowest BCUT2D eigenvalue weighted by Crippen LogP contribution is -2.23. The number of nitrogens with one attached hydrogen (secondary N) is 2. The Bertz CT molecular complexity index is 472. The first-order valence-corrected chi connectivity index (χ1v) is 5.52. The van der Waals surface area contributed by atoms with E-state index in [0.717, 1.165) is 6.20 Å². The molecule has 0 aliphatic carbocycles. The van der Waals surface area contributed by atoms with E-state index in [1.165, 1.54) is 0 Å². The van der Waals surface area contributed by atoms with Crippen LogP contribution in [0.25, 0.3) is 0 Å². The summed E-state index contributed by atoms with van der Waals surface area (Å²) in [6.07, 6.45) is 4.03. The van der Waals surface area contributed by atoms with Crippen molar-refractivity contribution in [1.82, 2.24) is 9.97 Å². The maximum atomic E-state index is 10.6. The van der Waals surface area contributed by atoms with Crippen LogP contribution in [0.5, 0.6) is 0 Å². The van der Waals surface area contributed by atoms with Crippen molar-refractivity contribution >= 4 is 16.5 Å². The summed E-state index contributed by atoms with van der Waals surface area (Å²) in [5.74, 6) is 0. The van der Waals surface area contributed by atoms with Gasteiger partial charge < -0.3 is 4.98 Å². The van der Waals surface area contributed by atoms with E-state index in [-0.39, 0.29) is 0 Å². The molecule has 0 unspecified atom stereocenters. The van der Waals surface area contributed by atoms with Gasteiger partial charge in [0.2, 0.25) is 0 Å². The van der Waals surface area contributed by atoms with Gasteiger partial charge in [-0.2, -0.15) is 0 Å². The van der Waals surface area contributed by atoms with Crippen LogP contribution in [0.1, 0.15) is 0 Å². The molecular weight excluding hydrogens is 226 g/mol. The highest BCUT2D eigenvalue weighted by Gasteiger charge is 2.10. The van der Waals surface area contributed by atoms with Crippen LogP contribution >= 0.6 is 0 Å². The molecule has 0 aliphatic heterocycles. The molecule has 0 bridgehead atoms. The van der Waals surface area contributed by atoms with Crippen LogP contribution in [-0.4, -0.2) is 31.6 Å². The molecule has 1 aromatic rings. The van der Waals surface area contributed by atoms with Gasteiger partial charge in [0.1, 0.15) is 0 Å². The third-order valence-electron chi connectivity index (χ3n) is 0.996. The zero-order chi connectivity index (χ0) is 12.0. The molecule has 0 amide bonds. The van der Waals surface area contributed by atoms with Gasteiger partial charge in [-0.05, 0) is 0 Å². The average molecular weight is 235 g/mol. The highest BCUT2D eigenvalue weighted by atomic mass is 32.2. The van der Waals surface area contributed by atoms with Crippen molar-refractivity contribution < 1.29 is 9.13 Å². The molecule has 1 aromatic heterocycles. The molecule has 1 heterocycles. The van der Waals surface area contributed by atoms with Crippen LogP contribution in [-0.2, 0) is 10.8 Å². The number of aromatic nitrogens is 2. The molecule has 9 heteroatoms. The van der Waals surface area contributed by atoms with Crippen molar-refractivity contribution in [3.63, 3.8) is 0 Å². The second-order valence-corrected chi connectivity index (χ2v) is 3.94. The molecular formula is C6H9N3O5S. The number of aromatic amines is 2. The van der Waals surface area contributed by atoms with E-state index in [0.29, 0.717) is 0 Å². The standard InChI is InChI=1S/C4H3N3O4.C2H6OS/c8-3-2(7(10)11)1-5-4(9)6-3;1-4(2)3/h1H,(H2,5,6,8,9);1-2H3. The van der Waals surface area contributed by atoms with Gasteiger partial charge in [-0.3, -0.25) is 24.1 Å². The minimum absolute atomic E-state index is 0.611. The smallest absolute Gasteiger partial charge is 0.307 e. The van der Waals surface area contributed by atoms with Gasteiger partial charge >= 0.3 is 16.9 Å². The van der Waals surface area contributed by atoms with E-state index in [9.17, 15) is 23.9 Å². The first kappa shape index (κ1) is 13.2. The summed E-state index contributed by atoms with van der Waals surface area (Å²) in [6, 6.07) is 0. The second-order valence-electron chi connectivity index (χ2n) is 2.46. The molecule has 0 saturated carbocycles. The van der Waals surface area contributed by atoms with E-state index in [4.69, 9.17) is 0 Å². The number of rotatable bonds is 1. The fourth-order valence-corrected chi connectivity index (χ4v) is 0.538. The van der Waals surface area contributed by atoms with E-state index in [1.807, 2.05) is 4.98 Å². The Kier molecular flexibility index (Phi) is 5.16. The number of hydrogen-bond donors (Lipinski definition) is 2. The highest BCUT2D eigenvalue weighted by Crippen LogP contribution is 1.94. The topological polar surface area (TPSA) is 126 Å². The normalized spacial score (nSPS) is 9.27. The molecule has 0 fully saturated rings. The third-order valence-corrected chi connectivity index (χ3v) is 0.996. The average Bonchev–Trinajstić information content (AvgIpc) is 2.01. The van der Waals surface area contributed by atoms with Crippen molar-refractivity contribution in [2.75, 3.05) is 12.5 Å². The lowest BCUT2D eigenvalue weighted by molar-refractivity contribution is -0.386. The minimum atomic E-state index is -1.00. The largest absolute Gasteiger partial charge is 0.349 e. The fourth-order valence-electron chi connectivity index (χ4n) is 0.538. The van der Waals surface area contributed by atoms with Gasteiger partial charge in [0.25, 0.3) is 0 Å². The Hall–Kier alpha value is -1.77. The summed E-state index contributed by atoms with van der Waals surface area (Å²) < 4.78 is 9.56. The van der Waals surface area contributed by atoms with Crippen molar-refractivity contribution in [2.24, 2.45) is 0 Å². The molecule has 2 N–H and O–H groups in total. The van der Waals surface area contributed by atoms with Crippen LogP contribution in [0.15, 0.2) is 15.8 Å². The second kappa shape index (κ2) is 5.86. The summed E-state index contributed by atoms with van der Waals surface area (Å²) in [4.78, 5) is 33.7. The Balaban J connectivity index is 0.000000423. The Morgan fingerprint density at radius 2 is 1.87 bits per heavy atom. The Labute approximate surface area is 86.0 Å². The van der Waals surface area contributed by atoms with Gasteiger partial charge in [-0.1, -0.05) is 0 Å². The predicted molar refractivity (Wildman–Crippen MR) is 54.3 cm³/mol. The number of hydrogen-bond acceptors (Lipinski definition) is 5. The van der Waals surface area contributed by atoms with E-state index in [1.54, 1.807) is 17.5 Å². The van der Waals surface area contributed by atoms with Gasteiger partial charge in [-0.25, -0.2) is 4.79 Å². The van der Waals surface area contributed by atoms with E-state index < -0.39 is 32.7 Å². The van der Waals surface area contributed by atoms with Crippen LogP contribution < -0.4 is 11.2 Å². The zero-order valence-corrected chi connectivity index (χ0v) is 8.79. The highest BCUT2D eigenvalue weighted by molar-refractivity contribution is 7.83. The third kappa shape index (κ3) is 5.52. The number of nitro groups is 1. The maximum absolute atomic E-state index is 10.6. The van der Waals surface area contributed by atoms with Crippen molar-refractivity contribution in [3.05, 3.63) is 37.1 Å². The monoisotopic (exact) mass is 235 g/mol. The van der Waals surface area contributed by atoms with Gasteiger partial charge in [0.15, 0.2) is 0 Å². The lowest BCUT2D eigenvalue weighted by Gasteiger charge is -1.85. The summed E-state index contributed by atoms with van der Waals surface area (Å²) >= 11 is 0. The molecule has 15 heavy (non-hydrogen) atoms. The lowest BCUT2D eigenvalue weighted by atomic mass is 10.5. The molecule has 0 spiro atoms. The van der Waals surface area contributed by atoms with Crippen LogP contribution in [0.4, 0.5) is 5.69 Å². The first-order valence-electron chi connectivity index (χ1n) is 3.56. The summed E-state index contributed by atoms with van der Waals surface area (Å²) in [6.45, 7) is 0. The summed E-state index contributed by atoms with van der Waals surface area (Å²) in [7, 11) is -0.611. The Morgan fingerprint density at radius 3 is 2.20 bits per heavy atom. The maximum Gasteiger partial charge on any atom is 0.349 e. The molecule has 8 nitrogen and oxygen atoms in total. The quantitative estimate of drug-likeness (QED) is 0.475. The van der Waals surface area contributed by atoms with Crippen LogP contribution in [0.2, 0.25) is 0 Å². The van der Waals surface area contributed by atoms with E-state index in [2.05, 4.69) is 0 Å². The molecule has 0 aromatic carbocycles. The SMILES string of the molecule is CS(C)=O.O=c1[nH]cc([N+](=O)[O-])c(=O)[nH]1. The summed E-state index contributed by atoms with van der Waals surface area (Å²) in [5.41, 5.74) is -2.44. The molecule has 0 radical (unpaired) electrons. The van der Waals surface area contributed by atoms with Crippen LogP contribution in [0, 0.1) is 10.1 Å². The summed E-state index contributed by atoms with van der Waals surface area (Å²) in [5, 5.41) is 10.00. The number of nitrogens with zero attached hydrogens (tertiary/aromatic N) is 1. The fraction of sp³-hybridized carbons (Fsp3) is 0.333. The number of H-pyrrole nitrogens is 2. The molecule has 84 valence electrons. The molecule has 0 atom stereocenters. The Morgan fingerprint density at radius 1 is 1.40 bits per heavy atom.